The van der Waals surface area contributed by atoms with Crippen molar-refractivity contribution in [2.75, 3.05) is 25.4 Å². The summed E-state index contributed by atoms with van der Waals surface area (Å²) in [7, 11) is 0. The SMILES string of the molecule is O=C(NCC(=O)N1CCS[C@H](c2ccco2)CC1)c1ccccc1. The minimum Gasteiger partial charge on any atom is -0.468 e. The van der Waals surface area contributed by atoms with E-state index in [9.17, 15) is 9.59 Å². The molecule has 1 atom stereocenters. The van der Waals surface area contributed by atoms with Gasteiger partial charge in [0.15, 0.2) is 0 Å². The van der Waals surface area contributed by atoms with E-state index in [1.807, 2.05) is 34.9 Å². The molecule has 0 aliphatic carbocycles. The second-order valence-electron chi connectivity index (χ2n) is 5.59. The van der Waals surface area contributed by atoms with E-state index in [2.05, 4.69) is 5.32 Å². The number of thioether (sulfide) groups is 1. The maximum absolute atomic E-state index is 12.4. The average Bonchev–Trinajstić information content (AvgIpc) is 3.04. The van der Waals surface area contributed by atoms with Gasteiger partial charge in [-0.3, -0.25) is 9.59 Å². The molecule has 1 aliphatic heterocycles. The normalized spacial score (nSPS) is 18.0. The van der Waals surface area contributed by atoms with Crippen LogP contribution in [0.1, 0.15) is 27.8 Å². The topological polar surface area (TPSA) is 62.6 Å². The number of furan rings is 1. The summed E-state index contributed by atoms with van der Waals surface area (Å²) < 4.78 is 5.47. The van der Waals surface area contributed by atoms with Crippen molar-refractivity contribution >= 4 is 23.6 Å². The van der Waals surface area contributed by atoms with Gasteiger partial charge in [-0.15, -0.1) is 11.8 Å². The third kappa shape index (κ3) is 4.20. The van der Waals surface area contributed by atoms with Crippen molar-refractivity contribution in [2.24, 2.45) is 0 Å². The summed E-state index contributed by atoms with van der Waals surface area (Å²) in [4.78, 5) is 26.2. The molecule has 0 radical (unpaired) electrons. The first-order valence-corrected chi connectivity index (χ1v) is 9.05. The molecule has 3 rings (SSSR count). The molecule has 6 heteroatoms. The number of rotatable bonds is 4. The number of hydrogen-bond donors (Lipinski definition) is 1. The molecule has 0 bridgehead atoms. The quantitative estimate of drug-likeness (QED) is 0.926. The Balaban J connectivity index is 1.49. The molecule has 2 heterocycles. The Bertz CT molecular complexity index is 673. The molecule has 1 aromatic carbocycles. The van der Waals surface area contributed by atoms with E-state index in [0.29, 0.717) is 18.7 Å². The van der Waals surface area contributed by atoms with Crippen molar-refractivity contribution in [3.63, 3.8) is 0 Å². The van der Waals surface area contributed by atoms with Gasteiger partial charge in [-0.25, -0.2) is 0 Å². The lowest BCUT2D eigenvalue weighted by molar-refractivity contribution is -0.129. The van der Waals surface area contributed by atoms with E-state index in [-0.39, 0.29) is 23.6 Å². The zero-order chi connectivity index (χ0) is 16.8. The fourth-order valence-corrected chi connectivity index (χ4v) is 3.86. The van der Waals surface area contributed by atoms with Crippen LogP contribution < -0.4 is 5.32 Å². The van der Waals surface area contributed by atoms with Crippen LogP contribution in [0.2, 0.25) is 0 Å². The Morgan fingerprint density at radius 2 is 2.00 bits per heavy atom. The van der Waals surface area contributed by atoms with Gasteiger partial charge in [0.2, 0.25) is 5.91 Å². The van der Waals surface area contributed by atoms with Gasteiger partial charge < -0.3 is 14.6 Å². The predicted octanol–water partition coefficient (Wildman–Crippen LogP) is 2.72. The first kappa shape index (κ1) is 16.6. The van der Waals surface area contributed by atoms with Crippen LogP contribution in [0.3, 0.4) is 0 Å². The molecule has 5 nitrogen and oxygen atoms in total. The van der Waals surface area contributed by atoms with Gasteiger partial charge in [0, 0.05) is 24.4 Å². The minimum absolute atomic E-state index is 0.0316. The standard InChI is InChI=1S/C18H20N2O3S/c21-17(13-19-18(22)14-5-2-1-3-6-14)20-9-8-16(24-12-10-20)15-7-4-11-23-15/h1-7,11,16H,8-10,12-13H2,(H,19,22)/t16-/m0/s1. The number of hydrogen-bond acceptors (Lipinski definition) is 4. The van der Waals surface area contributed by atoms with Gasteiger partial charge in [-0.1, -0.05) is 18.2 Å². The van der Waals surface area contributed by atoms with Crippen molar-refractivity contribution in [3.05, 3.63) is 60.1 Å². The highest BCUT2D eigenvalue weighted by atomic mass is 32.2. The number of nitrogens with one attached hydrogen (secondary N) is 1. The van der Waals surface area contributed by atoms with Gasteiger partial charge in [0.05, 0.1) is 18.1 Å². The first-order chi connectivity index (χ1) is 11.7. The van der Waals surface area contributed by atoms with Crippen LogP contribution in [0.4, 0.5) is 0 Å². The van der Waals surface area contributed by atoms with E-state index in [4.69, 9.17) is 4.42 Å². The van der Waals surface area contributed by atoms with Crippen LogP contribution in [0.5, 0.6) is 0 Å². The molecule has 0 saturated carbocycles. The van der Waals surface area contributed by atoms with Gasteiger partial charge in [0.1, 0.15) is 5.76 Å². The lowest BCUT2D eigenvalue weighted by atomic mass is 10.2. The molecule has 1 aromatic heterocycles. The zero-order valence-electron chi connectivity index (χ0n) is 13.3. The lowest BCUT2D eigenvalue weighted by Gasteiger charge is -2.20. The van der Waals surface area contributed by atoms with Crippen LogP contribution in [0, 0.1) is 0 Å². The maximum atomic E-state index is 12.4. The first-order valence-electron chi connectivity index (χ1n) is 8.00. The minimum atomic E-state index is -0.221. The van der Waals surface area contributed by atoms with E-state index < -0.39 is 0 Å². The summed E-state index contributed by atoms with van der Waals surface area (Å²) in [6, 6.07) is 12.8. The van der Waals surface area contributed by atoms with Gasteiger partial charge in [-0.05, 0) is 30.7 Å². The van der Waals surface area contributed by atoms with Crippen molar-refractivity contribution < 1.29 is 14.0 Å². The third-order valence-electron chi connectivity index (χ3n) is 3.99. The largest absolute Gasteiger partial charge is 0.468 e. The van der Waals surface area contributed by atoms with Gasteiger partial charge >= 0.3 is 0 Å². The lowest BCUT2D eigenvalue weighted by Crippen LogP contribution is -2.41. The number of amides is 2. The second kappa shape index (κ2) is 8.06. The molecule has 24 heavy (non-hydrogen) atoms. The molecule has 1 N–H and O–H groups in total. The van der Waals surface area contributed by atoms with Gasteiger partial charge in [-0.2, -0.15) is 0 Å². The summed E-state index contributed by atoms with van der Waals surface area (Å²) in [6.07, 6.45) is 2.54. The fourth-order valence-electron chi connectivity index (χ4n) is 2.68. The Morgan fingerprint density at radius 1 is 1.17 bits per heavy atom. The van der Waals surface area contributed by atoms with Gasteiger partial charge in [0.25, 0.3) is 5.91 Å². The van der Waals surface area contributed by atoms with Crippen LogP contribution in [0.25, 0.3) is 0 Å². The number of carbonyl (C=O) groups is 2. The van der Waals surface area contributed by atoms with E-state index in [1.165, 1.54) is 0 Å². The monoisotopic (exact) mass is 344 g/mol. The summed E-state index contributed by atoms with van der Waals surface area (Å²) >= 11 is 1.81. The highest BCUT2D eigenvalue weighted by molar-refractivity contribution is 7.99. The fraction of sp³-hybridized carbons (Fsp3) is 0.333. The number of carbonyl (C=O) groups excluding carboxylic acids is 2. The van der Waals surface area contributed by atoms with Crippen LogP contribution in [0.15, 0.2) is 53.1 Å². The molecule has 1 aliphatic rings. The van der Waals surface area contributed by atoms with Crippen molar-refractivity contribution in [3.8, 4) is 0 Å². The van der Waals surface area contributed by atoms with Crippen LogP contribution in [-0.2, 0) is 4.79 Å². The van der Waals surface area contributed by atoms with E-state index in [0.717, 1.165) is 17.9 Å². The van der Waals surface area contributed by atoms with E-state index >= 15 is 0 Å². The molecule has 1 fully saturated rings. The summed E-state index contributed by atoms with van der Waals surface area (Å²) in [5, 5.41) is 2.99. The summed E-state index contributed by atoms with van der Waals surface area (Å²) in [6.45, 7) is 1.41. The highest BCUT2D eigenvalue weighted by Gasteiger charge is 2.23. The zero-order valence-corrected chi connectivity index (χ0v) is 14.1. The highest BCUT2D eigenvalue weighted by Crippen LogP contribution is 2.34. The molecule has 2 aromatic rings. The Labute approximate surface area is 145 Å². The smallest absolute Gasteiger partial charge is 0.251 e. The Morgan fingerprint density at radius 3 is 2.75 bits per heavy atom. The van der Waals surface area contributed by atoms with Crippen molar-refractivity contribution in [1.82, 2.24) is 10.2 Å². The Kier molecular flexibility index (Phi) is 5.59. The second-order valence-corrected chi connectivity index (χ2v) is 6.90. The summed E-state index contributed by atoms with van der Waals surface area (Å²) in [5.41, 5.74) is 0.564. The summed E-state index contributed by atoms with van der Waals surface area (Å²) in [5.74, 6) is 1.57. The van der Waals surface area contributed by atoms with Crippen LogP contribution >= 0.6 is 11.8 Å². The van der Waals surface area contributed by atoms with Crippen molar-refractivity contribution in [1.29, 1.82) is 0 Å². The molecular formula is C18H20N2O3S. The molecular weight excluding hydrogens is 324 g/mol. The van der Waals surface area contributed by atoms with Crippen LogP contribution in [-0.4, -0.2) is 42.1 Å². The van der Waals surface area contributed by atoms with E-state index in [1.54, 1.807) is 30.5 Å². The third-order valence-corrected chi connectivity index (χ3v) is 5.28. The van der Waals surface area contributed by atoms with Crippen molar-refractivity contribution in [2.45, 2.75) is 11.7 Å². The maximum Gasteiger partial charge on any atom is 0.251 e. The molecule has 126 valence electrons. The number of nitrogens with zero attached hydrogens (tertiary/aromatic N) is 1. The average molecular weight is 344 g/mol. The molecule has 1 saturated heterocycles. The Hall–Kier alpha value is -2.21. The molecule has 0 spiro atoms. The molecule has 2 amide bonds. The molecule has 0 unspecified atom stereocenters. The predicted molar refractivity (Wildman–Crippen MR) is 93.9 cm³/mol. The number of benzene rings is 1.